The molecule has 1 saturated heterocycles. The third kappa shape index (κ3) is 2.78. The number of nitrogens with zero attached hydrogens (tertiary/aromatic N) is 1. The van der Waals surface area contributed by atoms with E-state index in [4.69, 9.17) is 5.73 Å². The Morgan fingerprint density at radius 2 is 1.93 bits per heavy atom. The molecule has 0 aromatic heterocycles. The van der Waals surface area contributed by atoms with Crippen molar-refractivity contribution < 1.29 is 5.11 Å². The highest BCUT2D eigenvalue weighted by atomic mass is 16.3. The lowest BCUT2D eigenvalue weighted by molar-refractivity contribution is 0.175. The van der Waals surface area contributed by atoms with Crippen LogP contribution in [-0.2, 0) is 13.1 Å². The van der Waals surface area contributed by atoms with Gasteiger partial charge in [0.2, 0.25) is 0 Å². The zero-order valence-electron chi connectivity index (χ0n) is 8.89. The lowest BCUT2D eigenvalue weighted by Crippen LogP contribution is -2.21. The fourth-order valence-corrected chi connectivity index (χ4v) is 1.99. The van der Waals surface area contributed by atoms with Crippen LogP contribution in [0.15, 0.2) is 24.3 Å². The molecule has 0 saturated carbocycles. The first-order valence-electron chi connectivity index (χ1n) is 5.46. The smallest absolute Gasteiger partial charge is 0.0679 e. The van der Waals surface area contributed by atoms with Crippen molar-refractivity contribution in [3.05, 3.63) is 35.4 Å². The average molecular weight is 206 g/mol. The molecule has 2 rings (SSSR count). The molecule has 0 bridgehead atoms. The number of benzene rings is 1. The van der Waals surface area contributed by atoms with Gasteiger partial charge in [-0.2, -0.15) is 0 Å². The summed E-state index contributed by atoms with van der Waals surface area (Å²) >= 11 is 0. The van der Waals surface area contributed by atoms with Gasteiger partial charge in [0.25, 0.3) is 0 Å². The van der Waals surface area contributed by atoms with Crippen LogP contribution in [0.1, 0.15) is 17.5 Å². The van der Waals surface area contributed by atoms with Gasteiger partial charge in [0.1, 0.15) is 0 Å². The number of rotatable bonds is 3. The zero-order valence-corrected chi connectivity index (χ0v) is 8.89. The van der Waals surface area contributed by atoms with Crippen LogP contribution in [0.2, 0.25) is 0 Å². The number of β-amino-alcohol motifs (C(OH)–C–C–N with tert-alkyl or cyclic N) is 1. The molecule has 0 spiro atoms. The van der Waals surface area contributed by atoms with Crippen molar-refractivity contribution in [2.45, 2.75) is 25.6 Å². The van der Waals surface area contributed by atoms with Crippen molar-refractivity contribution in [2.24, 2.45) is 5.73 Å². The first-order valence-corrected chi connectivity index (χ1v) is 5.46. The van der Waals surface area contributed by atoms with Gasteiger partial charge in [-0.3, -0.25) is 4.90 Å². The molecular formula is C12H18N2O. The summed E-state index contributed by atoms with van der Waals surface area (Å²) in [5.41, 5.74) is 8.00. The van der Waals surface area contributed by atoms with Gasteiger partial charge in [-0.05, 0) is 17.5 Å². The number of hydrogen-bond acceptors (Lipinski definition) is 3. The van der Waals surface area contributed by atoms with Crippen molar-refractivity contribution in [1.29, 1.82) is 0 Å². The topological polar surface area (TPSA) is 49.5 Å². The fraction of sp³-hybridized carbons (Fsp3) is 0.500. The van der Waals surface area contributed by atoms with E-state index in [-0.39, 0.29) is 6.10 Å². The maximum absolute atomic E-state index is 9.40. The van der Waals surface area contributed by atoms with Crippen LogP contribution in [0.3, 0.4) is 0 Å². The van der Waals surface area contributed by atoms with E-state index >= 15 is 0 Å². The summed E-state index contributed by atoms with van der Waals surface area (Å²) < 4.78 is 0. The van der Waals surface area contributed by atoms with E-state index in [1.54, 1.807) is 0 Å². The van der Waals surface area contributed by atoms with Crippen LogP contribution < -0.4 is 5.73 Å². The quantitative estimate of drug-likeness (QED) is 0.766. The van der Waals surface area contributed by atoms with Crippen LogP contribution in [0.25, 0.3) is 0 Å². The van der Waals surface area contributed by atoms with Gasteiger partial charge in [0, 0.05) is 26.2 Å². The van der Waals surface area contributed by atoms with Crippen LogP contribution in [0, 0.1) is 0 Å². The maximum atomic E-state index is 9.40. The van der Waals surface area contributed by atoms with Gasteiger partial charge < -0.3 is 10.8 Å². The maximum Gasteiger partial charge on any atom is 0.0679 e. The van der Waals surface area contributed by atoms with Gasteiger partial charge in [0.05, 0.1) is 6.10 Å². The van der Waals surface area contributed by atoms with E-state index < -0.39 is 0 Å². The molecule has 3 nitrogen and oxygen atoms in total. The van der Waals surface area contributed by atoms with E-state index in [1.165, 1.54) is 11.1 Å². The number of likely N-dealkylation sites (tertiary alicyclic amines) is 1. The number of aliphatic hydroxyl groups is 1. The summed E-state index contributed by atoms with van der Waals surface area (Å²) in [6.07, 6.45) is 0.772. The summed E-state index contributed by atoms with van der Waals surface area (Å²) in [5, 5.41) is 9.40. The molecule has 1 aromatic carbocycles. The highest BCUT2D eigenvalue weighted by Gasteiger charge is 2.19. The minimum Gasteiger partial charge on any atom is -0.392 e. The van der Waals surface area contributed by atoms with Crippen LogP contribution >= 0.6 is 0 Å². The zero-order chi connectivity index (χ0) is 10.7. The molecule has 0 aliphatic carbocycles. The average Bonchev–Trinajstić information content (AvgIpc) is 2.65. The SMILES string of the molecule is NCc1ccc(CN2CCC(O)C2)cc1. The third-order valence-electron chi connectivity index (χ3n) is 2.91. The van der Waals surface area contributed by atoms with Gasteiger partial charge >= 0.3 is 0 Å². The highest BCUT2D eigenvalue weighted by Crippen LogP contribution is 2.13. The molecule has 0 amide bonds. The van der Waals surface area contributed by atoms with Crippen LogP contribution in [0.5, 0.6) is 0 Å². The van der Waals surface area contributed by atoms with E-state index in [9.17, 15) is 5.11 Å². The second-order valence-corrected chi connectivity index (χ2v) is 4.20. The van der Waals surface area contributed by atoms with Crippen LogP contribution in [-0.4, -0.2) is 29.2 Å². The Morgan fingerprint density at radius 3 is 2.47 bits per heavy atom. The molecule has 1 unspecified atom stereocenters. The van der Waals surface area contributed by atoms with Crippen molar-refractivity contribution >= 4 is 0 Å². The fourth-order valence-electron chi connectivity index (χ4n) is 1.99. The summed E-state index contributed by atoms with van der Waals surface area (Å²) in [5.74, 6) is 0. The first kappa shape index (κ1) is 10.6. The predicted molar refractivity (Wildman–Crippen MR) is 60.2 cm³/mol. The van der Waals surface area contributed by atoms with E-state index in [2.05, 4.69) is 29.2 Å². The van der Waals surface area contributed by atoms with Crippen molar-refractivity contribution in [3.63, 3.8) is 0 Å². The van der Waals surface area contributed by atoms with E-state index in [0.717, 1.165) is 26.1 Å². The Balaban J connectivity index is 1.93. The summed E-state index contributed by atoms with van der Waals surface area (Å²) in [7, 11) is 0. The Morgan fingerprint density at radius 1 is 1.27 bits per heavy atom. The molecule has 82 valence electrons. The van der Waals surface area contributed by atoms with Crippen molar-refractivity contribution in [3.8, 4) is 0 Å². The van der Waals surface area contributed by atoms with Gasteiger partial charge in [-0.25, -0.2) is 0 Å². The van der Waals surface area contributed by atoms with Crippen molar-refractivity contribution in [1.82, 2.24) is 4.90 Å². The minimum atomic E-state index is -0.131. The minimum absolute atomic E-state index is 0.131. The Kier molecular flexibility index (Phi) is 3.36. The molecule has 15 heavy (non-hydrogen) atoms. The standard InChI is InChI=1S/C12H18N2O/c13-7-10-1-3-11(4-2-10)8-14-6-5-12(15)9-14/h1-4,12,15H,5-9,13H2. The lowest BCUT2D eigenvalue weighted by atomic mass is 10.1. The molecule has 1 atom stereocenters. The highest BCUT2D eigenvalue weighted by molar-refractivity contribution is 5.22. The normalized spacial score (nSPS) is 22.1. The molecule has 1 heterocycles. The van der Waals surface area contributed by atoms with Crippen molar-refractivity contribution in [2.75, 3.05) is 13.1 Å². The molecule has 1 aliphatic rings. The lowest BCUT2D eigenvalue weighted by Gasteiger charge is -2.14. The predicted octanol–water partition coefficient (Wildman–Crippen LogP) is 0.712. The number of aliphatic hydroxyl groups excluding tert-OH is 1. The van der Waals surface area contributed by atoms with Crippen LogP contribution in [0.4, 0.5) is 0 Å². The van der Waals surface area contributed by atoms with Gasteiger partial charge in [0.15, 0.2) is 0 Å². The van der Waals surface area contributed by atoms with Gasteiger partial charge in [-0.15, -0.1) is 0 Å². The second kappa shape index (κ2) is 4.75. The first-order chi connectivity index (χ1) is 7.28. The molecular weight excluding hydrogens is 188 g/mol. The largest absolute Gasteiger partial charge is 0.392 e. The monoisotopic (exact) mass is 206 g/mol. The Labute approximate surface area is 90.5 Å². The Hall–Kier alpha value is -0.900. The third-order valence-corrected chi connectivity index (χ3v) is 2.91. The van der Waals surface area contributed by atoms with E-state index in [0.29, 0.717) is 6.54 Å². The summed E-state index contributed by atoms with van der Waals surface area (Å²) in [6.45, 7) is 3.34. The summed E-state index contributed by atoms with van der Waals surface area (Å²) in [4.78, 5) is 2.28. The molecule has 1 aromatic rings. The van der Waals surface area contributed by atoms with Gasteiger partial charge in [-0.1, -0.05) is 24.3 Å². The number of hydrogen-bond donors (Lipinski definition) is 2. The second-order valence-electron chi connectivity index (χ2n) is 4.20. The molecule has 1 aliphatic heterocycles. The summed E-state index contributed by atoms with van der Waals surface area (Å²) in [6, 6.07) is 8.38. The Bertz CT molecular complexity index is 310. The molecule has 0 radical (unpaired) electrons. The van der Waals surface area contributed by atoms with E-state index in [1.807, 2.05) is 0 Å². The number of nitrogens with two attached hydrogens (primary N) is 1. The molecule has 3 N–H and O–H groups in total. The molecule has 3 heteroatoms. The molecule has 1 fully saturated rings.